The van der Waals surface area contributed by atoms with Crippen LogP contribution in [0.5, 0.6) is 0 Å². The van der Waals surface area contributed by atoms with E-state index in [0.29, 0.717) is 0 Å². The van der Waals surface area contributed by atoms with Gasteiger partial charge in [0.1, 0.15) is 0 Å². The van der Waals surface area contributed by atoms with Crippen LogP contribution in [-0.4, -0.2) is 18.5 Å². The van der Waals surface area contributed by atoms with E-state index in [4.69, 9.17) is 0 Å². The average Bonchev–Trinajstić information content (AvgIpc) is 2.21. The lowest BCUT2D eigenvalue weighted by molar-refractivity contribution is 0.925. The van der Waals surface area contributed by atoms with Crippen LogP contribution in [0.3, 0.4) is 0 Å². The Morgan fingerprint density at radius 2 is 2.00 bits per heavy atom. The SMILES string of the molecule is CN=C(NCc1ccccc1)SC.I. The highest BCUT2D eigenvalue weighted by Gasteiger charge is 1.94. The third-order valence-corrected chi connectivity index (χ3v) is 2.40. The van der Waals surface area contributed by atoms with Crippen LogP contribution in [0.2, 0.25) is 0 Å². The zero-order chi connectivity index (χ0) is 9.52. The monoisotopic (exact) mass is 322 g/mol. The maximum Gasteiger partial charge on any atom is 0.156 e. The van der Waals surface area contributed by atoms with E-state index in [0.717, 1.165) is 11.7 Å². The summed E-state index contributed by atoms with van der Waals surface area (Å²) in [6, 6.07) is 10.3. The van der Waals surface area contributed by atoms with Crippen LogP contribution in [0, 0.1) is 0 Å². The Morgan fingerprint density at radius 3 is 2.50 bits per heavy atom. The molecule has 0 amide bonds. The van der Waals surface area contributed by atoms with E-state index in [2.05, 4.69) is 22.4 Å². The van der Waals surface area contributed by atoms with Crippen LogP contribution in [0.1, 0.15) is 5.56 Å². The molecule has 0 aliphatic rings. The first kappa shape index (κ1) is 13.8. The number of benzene rings is 1. The summed E-state index contributed by atoms with van der Waals surface area (Å²) in [4.78, 5) is 4.09. The number of hydrogen-bond donors (Lipinski definition) is 1. The average molecular weight is 322 g/mol. The van der Waals surface area contributed by atoms with Crippen LogP contribution in [0.4, 0.5) is 0 Å². The fourth-order valence-corrected chi connectivity index (χ4v) is 1.42. The number of aliphatic imine (C=N–C) groups is 1. The predicted molar refractivity (Wildman–Crippen MR) is 75.6 cm³/mol. The lowest BCUT2D eigenvalue weighted by atomic mass is 10.2. The van der Waals surface area contributed by atoms with Crippen LogP contribution >= 0.6 is 35.7 Å². The number of thioether (sulfide) groups is 1. The molecule has 0 aliphatic heterocycles. The topological polar surface area (TPSA) is 24.4 Å². The highest BCUT2D eigenvalue weighted by molar-refractivity contribution is 14.0. The van der Waals surface area contributed by atoms with E-state index in [1.165, 1.54) is 5.56 Å². The standard InChI is InChI=1S/C10H14N2S.HI/c1-11-10(13-2)12-8-9-6-4-3-5-7-9;/h3-7H,8H2,1-2H3,(H,11,12);1H. The predicted octanol–water partition coefficient (Wildman–Crippen LogP) is 2.74. The lowest BCUT2D eigenvalue weighted by Gasteiger charge is -2.05. The maximum absolute atomic E-state index is 4.09. The molecule has 0 spiro atoms. The molecule has 1 N–H and O–H groups in total. The summed E-state index contributed by atoms with van der Waals surface area (Å²) in [7, 11) is 1.80. The van der Waals surface area contributed by atoms with Gasteiger partial charge in [0.25, 0.3) is 0 Å². The van der Waals surface area contributed by atoms with E-state index in [1.807, 2.05) is 24.5 Å². The van der Waals surface area contributed by atoms with Gasteiger partial charge >= 0.3 is 0 Å². The van der Waals surface area contributed by atoms with E-state index in [9.17, 15) is 0 Å². The molecule has 0 aromatic heterocycles. The quantitative estimate of drug-likeness (QED) is 0.514. The minimum atomic E-state index is 0. The summed E-state index contributed by atoms with van der Waals surface area (Å²) in [5.74, 6) is 0. The highest BCUT2D eigenvalue weighted by atomic mass is 127. The molecule has 0 saturated carbocycles. The number of amidine groups is 1. The van der Waals surface area contributed by atoms with Crippen molar-refractivity contribution in [1.29, 1.82) is 0 Å². The Bertz CT molecular complexity index is 275. The van der Waals surface area contributed by atoms with Gasteiger partial charge in [-0.15, -0.1) is 24.0 Å². The molecule has 1 rings (SSSR count). The molecule has 4 heteroatoms. The molecule has 2 nitrogen and oxygen atoms in total. The van der Waals surface area contributed by atoms with Gasteiger partial charge in [0.05, 0.1) is 0 Å². The van der Waals surface area contributed by atoms with Crippen LogP contribution in [0.25, 0.3) is 0 Å². The Morgan fingerprint density at radius 1 is 1.36 bits per heavy atom. The largest absolute Gasteiger partial charge is 0.361 e. The molecule has 0 bridgehead atoms. The molecular weight excluding hydrogens is 307 g/mol. The second kappa shape index (κ2) is 8.11. The second-order valence-corrected chi connectivity index (χ2v) is 3.37. The molecule has 0 saturated heterocycles. The maximum atomic E-state index is 4.09. The van der Waals surface area contributed by atoms with Crippen molar-refractivity contribution < 1.29 is 0 Å². The van der Waals surface area contributed by atoms with Crippen molar-refractivity contribution in [2.45, 2.75) is 6.54 Å². The summed E-state index contributed by atoms with van der Waals surface area (Å²) in [6.45, 7) is 0.842. The molecule has 0 radical (unpaired) electrons. The van der Waals surface area contributed by atoms with Gasteiger partial charge in [0.15, 0.2) is 5.17 Å². The Hall–Kier alpha value is -0.230. The number of rotatable bonds is 2. The third kappa shape index (κ3) is 4.85. The zero-order valence-electron chi connectivity index (χ0n) is 8.36. The van der Waals surface area contributed by atoms with Gasteiger partial charge in [-0.2, -0.15) is 0 Å². The summed E-state index contributed by atoms with van der Waals surface area (Å²) in [6.07, 6.45) is 2.01. The summed E-state index contributed by atoms with van der Waals surface area (Å²) in [5.41, 5.74) is 1.28. The van der Waals surface area contributed by atoms with Crippen molar-refractivity contribution in [3.05, 3.63) is 35.9 Å². The molecule has 78 valence electrons. The van der Waals surface area contributed by atoms with Gasteiger partial charge in [-0.1, -0.05) is 42.1 Å². The molecule has 1 aromatic carbocycles. The molecule has 0 aliphatic carbocycles. The van der Waals surface area contributed by atoms with Crippen molar-refractivity contribution >= 4 is 40.9 Å². The Kier molecular flexibility index (Phi) is 7.98. The summed E-state index contributed by atoms with van der Waals surface area (Å²) >= 11 is 1.63. The molecule has 0 heterocycles. The van der Waals surface area contributed by atoms with Crippen molar-refractivity contribution in [1.82, 2.24) is 5.32 Å². The van der Waals surface area contributed by atoms with Gasteiger partial charge < -0.3 is 5.32 Å². The van der Waals surface area contributed by atoms with Gasteiger partial charge in [-0.3, -0.25) is 4.99 Å². The van der Waals surface area contributed by atoms with Gasteiger partial charge in [0, 0.05) is 13.6 Å². The normalized spacial score (nSPS) is 10.6. The smallest absolute Gasteiger partial charge is 0.156 e. The van der Waals surface area contributed by atoms with Crippen LogP contribution < -0.4 is 5.32 Å². The van der Waals surface area contributed by atoms with Crippen LogP contribution in [0.15, 0.2) is 35.3 Å². The van der Waals surface area contributed by atoms with Crippen LogP contribution in [-0.2, 0) is 6.54 Å². The number of halogens is 1. The third-order valence-electron chi connectivity index (χ3n) is 1.68. The minimum Gasteiger partial charge on any atom is -0.361 e. The van der Waals surface area contributed by atoms with Crippen molar-refractivity contribution in [2.75, 3.05) is 13.3 Å². The number of nitrogens with one attached hydrogen (secondary N) is 1. The zero-order valence-corrected chi connectivity index (χ0v) is 11.5. The van der Waals surface area contributed by atoms with E-state index >= 15 is 0 Å². The van der Waals surface area contributed by atoms with Crippen molar-refractivity contribution in [3.8, 4) is 0 Å². The molecule has 0 fully saturated rings. The van der Waals surface area contributed by atoms with Crippen molar-refractivity contribution in [2.24, 2.45) is 4.99 Å². The molecule has 14 heavy (non-hydrogen) atoms. The minimum absolute atomic E-state index is 0. The number of nitrogens with zero attached hydrogens (tertiary/aromatic N) is 1. The molecule has 0 unspecified atom stereocenters. The fourth-order valence-electron chi connectivity index (χ4n) is 1.02. The Labute approximate surface area is 107 Å². The summed E-state index contributed by atoms with van der Waals surface area (Å²) in [5, 5.41) is 4.22. The van der Waals surface area contributed by atoms with E-state index in [1.54, 1.807) is 18.8 Å². The van der Waals surface area contributed by atoms with Gasteiger partial charge in [-0.25, -0.2) is 0 Å². The molecule has 1 aromatic rings. The summed E-state index contributed by atoms with van der Waals surface area (Å²) < 4.78 is 0. The lowest BCUT2D eigenvalue weighted by Crippen LogP contribution is -2.19. The first-order valence-electron chi connectivity index (χ1n) is 4.15. The first-order valence-corrected chi connectivity index (χ1v) is 5.38. The van der Waals surface area contributed by atoms with E-state index in [-0.39, 0.29) is 24.0 Å². The number of hydrogen-bond acceptors (Lipinski definition) is 2. The van der Waals surface area contributed by atoms with Gasteiger partial charge in [0.2, 0.25) is 0 Å². The Balaban J connectivity index is 0.00000169. The highest BCUT2D eigenvalue weighted by Crippen LogP contribution is 2.00. The van der Waals surface area contributed by atoms with E-state index < -0.39 is 0 Å². The fraction of sp³-hybridized carbons (Fsp3) is 0.300. The first-order chi connectivity index (χ1) is 6.36. The van der Waals surface area contributed by atoms with Gasteiger partial charge in [-0.05, 0) is 11.8 Å². The van der Waals surface area contributed by atoms with Crippen molar-refractivity contribution in [3.63, 3.8) is 0 Å². The molecular formula is C10H15IN2S. The molecule has 0 atom stereocenters. The second-order valence-electron chi connectivity index (χ2n) is 2.57.